The highest BCUT2D eigenvalue weighted by Gasteiger charge is 2.19. The number of carbonyl (C=O) groups is 3. The fourth-order valence-electron chi connectivity index (χ4n) is 7.73. The van der Waals surface area contributed by atoms with Crippen molar-refractivity contribution in [3.8, 4) is 0 Å². The largest absolute Gasteiger partial charge is 0.462 e. The van der Waals surface area contributed by atoms with Crippen LogP contribution < -0.4 is 0 Å². The van der Waals surface area contributed by atoms with Crippen LogP contribution in [0.4, 0.5) is 0 Å². The van der Waals surface area contributed by atoms with E-state index in [-0.39, 0.29) is 31.1 Å². The molecule has 0 N–H and O–H groups in total. The minimum absolute atomic E-state index is 0.0862. The van der Waals surface area contributed by atoms with Gasteiger partial charge in [-0.25, -0.2) is 0 Å². The molecule has 0 radical (unpaired) electrons. The molecule has 0 saturated heterocycles. The molecule has 6 nitrogen and oxygen atoms in total. The van der Waals surface area contributed by atoms with E-state index in [2.05, 4.69) is 81.5 Å². The Morgan fingerprint density at radius 2 is 0.554 bits per heavy atom. The van der Waals surface area contributed by atoms with Crippen molar-refractivity contribution < 1.29 is 28.6 Å². The van der Waals surface area contributed by atoms with Crippen molar-refractivity contribution in [2.45, 2.75) is 284 Å². The van der Waals surface area contributed by atoms with E-state index in [4.69, 9.17) is 14.2 Å². The molecule has 0 aromatic carbocycles. The summed E-state index contributed by atoms with van der Waals surface area (Å²) in [6, 6.07) is 0. The Labute approximate surface area is 402 Å². The molecule has 0 rings (SSSR count). The van der Waals surface area contributed by atoms with E-state index in [0.717, 1.165) is 103 Å². The van der Waals surface area contributed by atoms with Gasteiger partial charge in [0.25, 0.3) is 0 Å². The van der Waals surface area contributed by atoms with Crippen LogP contribution >= 0.6 is 0 Å². The number of ether oxygens (including phenoxy) is 3. The molecule has 0 heterocycles. The quantitative estimate of drug-likeness (QED) is 0.0262. The maximum absolute atomic E-state index is 12.8. The van der Waals surface area contributed by atoms with Gasteiger partial charge < -0.3 is 14.2 Å². The number of allylic oxidation sites excluding steroid dienone is 10. The van der Waals surface area contributed by atoms with E-state index in [9.17, 15) is 14.4 Å². The number of esters is 3. The zero-order valence-electron chi connectivity index (χ0n) is 43.0. The molecular formula is C59H104O6. The normalized spacial score (nSPS) is 12.5. The van der Waals surface area contributed by atoms with Crippen molar-refractivity contribution >= 4 is 17.9 Å². The van der Waals surface area contributed by atoms with Crippen LogP contribution in [0.25, 0.3) is 0 Å². The minimum atomic E-state index is -0.788. The molecular weight excluding hydrogens is 805 g/mol. The Morgan fingerprint density at radius 1 is 0.308 bits per heavy atom. The lowest BCUT2D eigenvalue weighted by atomic mass is 10.1. The van der Waals surface area contributed by atoms with Crippen LogP contribution in [-0.4, -0.2) is 37.2 Å². The zero-order chi connectivity index (χ0) is 47.2. The van der Waals surface area contributed by atoms with Crippen LogP contribution in [0.1, 0.15) is 278 Å². The van der Waals surface area contributed by atoms with Crippen LogP contribution in [0.2, 0.25) is 0 Å². The van der Waals surface area contributed by atoms with E-state index in [1.807, 2.05) is 0 Å². The Morgan fingerprint density at radius 3 is 0.892 bits per heavy atom. The molecule has 0 bridgehead atoms. The van der Waals surface area contributed by atoms with Gasteiger partial charge in [0.05, 0.1) is 0 Å². The van der Waals surface area contributed by atoms with E-state index >= 15 is 0 Å². The maximum Gasteiger partial charge on any atom is 0.306 e. The molecule has 0 aliphatic carbocycles. The highest BCUT2D eigenvalue weighted by Crippen LogP contribution is 2.14. The van der Waals surface area contributed by atoms with Crippen molar-refractivity contribution in [2.24, 2.45) is 0 Å². The molecule has 0 spiro atoms. The number of carbonyl (C=O) groups excluding carboxylic acids is 3. The summed E-state index contributed by atoms with van der Waals surface area (Å²) in [6.45, 7) is 6.57. The van der Waals surface area contributed by atoms with Crippen LogP contribution in [0.5, 0.6) is 0 Å². The maximum atomic E-state index is 12.8. The summed E-state index contributed by atoms with van der Waals surface area (Å²) in [5.74, 6) is -0.908. The molecule has 0 saturated carbocycles. The summed E-state index contributed by atoms with van der Waals surface area (Å²) >= 11 is 0. The summed E-state index contributed by atoms with van der Waals surface area (Å²) in [7, 11) is 0. The lowest BCUT2D eigenvalue weighted by molar-refractivity contribution is -0.167. The Hall–Kier alpha value is -2.89. The average molecular weight is 909 g/mol. The molecule has 1 atom stereocenters. The molecule has 0 aliphatic rings. The van der Waals surface area contributed by atoms with Gasteiger partial charge in [-0.3, -0.25) is 14.4 Å². The Balaban J connectivity index is 4.42. The number of hydrogen-bond acceptors (Lipinski definition) is 6. The number of unbranched alkanes of at least 4 members (excludes halogenated alkanes) is 29. The standard InChI is InChI=1S/C59H104O6/c1-4-7-10-13-16-19-22-25-28-29-32-34-37-40-43-46-49-52-58(61)64-55-56(65-59(62)53-50-47-44-41-38-35-31-27-24-21-18-15-12-9-6-3)54-63-57(60)51-48-45-42-39-36-33-30-26-23-20-17-14-11-8-5-2/h16,18-19,21,25-28,30-31,56H,4-15,17,20,22-24,29,32-55H2,1-3H3/b19-16-,21-18-,28-25-,30-26-,31-27-/t56-/m1/s1. The third kappa shape index (κ3) is 51.9. The molecule has 65 heavy (non-hydrogen) atoms. The number of hydrogen-bond donors (Lipinski definition) is 0. The van der Waals surface area contributed by atoms with Crippen LogP contribution in [-0.2, 0) is 28.6 Å². The first-order chi connectivity index (χ1) is 32.0. The van der Waals surface area contributed by atoms with Gasteiger partial charge in [0.15, 0.2) is 6.10 Å². The van der Waals surface area contributed by atoms with Gasteiger partial charge in [0, 0.05) is 19.3 Å². The first kappa shape index (κ1) is 62.1. The second-order valence-corrected chi connectivity index (χ2v) is 18.5. The van der Waals surface area contributed by atoms with Gasteiger partial charge in [0.1, 0.15) is 13.2 Å². The zero-order valence-corrected chi connectivity index (χ0v) is 43.0. The van der Waals surface area contributed by atoms with Gasteiger partial charge in [-0.1, -0.05) is 210 Å². The monoisotopic (exact) mass is 909 g/mol. The fraction of sp³-hybridized carbons (Fsp3) is 0.780. The van der Waals surface area contributed by atoms with E-state index in [1.54, 1.807) is 0 Å². The first-order valence-electron chi connectivity index (χ1n) is 27.8. The predicted molar refractivity (Wildman–Crippen MR) is 279 cm³/mol. The molecule has 0 aromatic heterocycles. The van der Waals surface area contributed by atoms with Gasteiger partial charge in [-0.15, -0.1) is 0 Å². The highest BCUT2D eigenvalue weighted by atomic mass is 16.6. The van der Waals surface area contributed by atoms with E-state index in [0.29, 0.717) is 19.3 Å². The number of rotatable bonds is 50. The molecule has 6 heteroatoms. The van der Waals surface area contributed by atoms with Crippen molar-refractivity contribution in [1.82, 2.24) is 0 Å². The highest BCUT2D eigenvalue weighted by molar-refractivity contribution is 5.71. The van der Waals surface area contributed by atoms with Gasteiger partial charge >= 0.3 is 17.9 Å². The smallest absolute Gasteiger partial charge is 0.306 e. The van der Waals surface area contributed by atoms with Gasteiger partial charge in [0.2, 0.25) is 0 Å². The van der Waals surface area contributed by atoms with Crippen LogP contribution in [0.3, 0.4) is 0 Å². The second kappa shape index (κ2) is 53.7. The summed E-state index contributed by atoms with van der Waals surface area (Å²) < 4.78 is 16.8. The Kier molecular flexibility index (Phi) is 51.3. The van der Waals surface area contributed by atoms with Crippen molar-refractivity contribution in [2.75, 3.05) is 13.2 Å². The molecule has 0 fully saturated rings. The molecule has 0 aromatic rings. The van der Waals surface area contributed by atoms with Crippen molar-refractivity contribution in [3.63, 3.8) is 0 Å². The molecule has 0 aliphatic heterocycles. The summed E-state index contributed by atoms with van der Waals surface area (Å²) in [6.07, 6.45) is 66.3. The van der Waals surface area contributed by atoms with Crippen LogP contribution in [0.15, 0.2) is 60.8 Å². The predicted octanol–water partition coefficient (Wildman–Crippen LogP) is 18.4. The topological polar surface area (TPSA) is 78.9 Å². The lowest BCUT2D eigenvalue weighted by Gasteiger charge is -2.18. The minimum Gasteiger partial charge on any atom is -0.462 e. The third-order valence-corrected chi connectivity index (χ3v) is 12.0. The van der Waals surface area contributed by atoms with Gasteiger partial charge in [-0.2, -0.15) is 0 Å². The lowest BCUT2D eigenvalue weighted by Crippen LogP contribution is -2.30. The molecule has 0 unspecified atom stereocenters. The average Bonchev–Trinajstić information content (AvgIpc) is 3.30. The SMILES string of the molecule is CCCCC/C=C\C/C=C\CCCCCCCCCC(=O)OC[C@@H](COC(=O)CCCCCCC/C=C\CCCCCCCC)OC(=O)CCCCCCC/C=C\C/C=C\CCCCC. The Bertz CT molecular complexity index is 1180. The first-order valence-corrected chi connectivity index (χ1v) is 27.8. The fourth-order valence-corrected chi connectivity index (χ4v) is 7.73. The van der Waals surface area contributed by atoms with Gasteiger partial charge in [-0.05, 0) is 109 Å². The molecule has 376 valence electrons. The summed E-state index contributed by atoms with van der Waals surface area (Å²) in [5, 5.41) is 0. The third-order valence-electron chi connectivity index (χ3n) is 12.0. The summed E-state index contributed by atoms with van der Waals surface area (Å²) in [4.78, 5) is 38.1. The van der Waals surface area contributed by atoms with E-state index < -0.39 is 6.10 Å². The van der Waals surface area contributed by atoms with Crippen molar-refractivity contribution in [3.05, 3.63) is 60.8 Å². The van der Waals surface area contributed by atoms with E-state index in [1.165, 1.54) is 135 Å². The van der Waals surface area contributed by atoms with Crippen LogP contribution in [0, 0.1) is 0 Å². The molecule has 0 amide bonds. The second-order valence-electron chi connectivity index (χ2n) is 18.5. The summed E-state index contributed by atoms with van der Waals surface area (Å²) in [5.41, 5.74) is 0. The van der Waals surface area contributed by atoms with Crippen molar-refractivity contribution in [1.29, 1.82) is 0 Å².